The van der Waals surface area contributed by atoms with Gasteiger partial charge in [-0.3, -0.25) is 0 Å². The highest BCUT2D eigenvalue weighted by Crippen LogP contribution is 2.31. The molecule has 0 bridgehead atoms. The maximum absolute atomic E-state index is 13.8. The SMILES string of the molecule is CCCCCc1ccc(CCC2CCc3c(ccc(F)c3F)C2)cc1. The average molecular weight is 342 g/mol. The van der Waals surface area contributed by atoms with Gasteiger partial charge in [0.25, 0.3) is 0 Å². The third-order valence-corrected chi connectivity index (χ3v) is 5.54. The lowest BCUT2D eigenvalue weighted by Crippen LogP contribution is -2.17. The zero-order chi connectivity index (χ0) is 17.6. The van der Waals surface area contributed by atoms with Gasteiger partial charge in [-0.2, -0.15) is 0 Å². The summed E-state index contributed by atoms with van der Waals surface area (Å²) in [6.07, 6.45) is 9.70. The van der Waals surface area contributed by atoms with Crippen LogP contribution in [0.15, 0.2) is 36.4 Å². The second-order valence-corrected chi connectivity index (χ2v) is 7.42. The van der Waals surface area contributed by atoms with Gasteiger partial charge in [0.1, 0.15) is 0 Å². The van der Waals surface area contributed by atoms with Gasteiger partial charge in [0.05, 0.1) is 0 Å². The topological polar surface area (TPSA) is 0 Å². The molecule has 0 fully saturated rings. The van der Waals surface area contributed by atoms with Crippen LogP contribution in [0, 0.1) is 17.6 Å². The first-order valence-corrected chi connectivity index (χ1v) is 9.71. The van der Waals surface area contributed by atoms with E-state index in [-0.39, 0.29) is 0 Å². The summed E-state index contributed by atoms with van der Waals surface area (Å²) in [5, 5.41) is 0. The number of hydrogen-bond donors (Lipinski definition) is 0. The van der Waals surface area contributed by atoms with Crippen molar-refractivity contribution in [1.29, 1.82) is 0 Å². The highest BCUT2D eigenvalue weighted by atomic mass is 19.2. The summed E-state index contributed by atoms with van der Waals surface area (Å²) in [5.41, 5.74) is 4.42. The van der Waals surface area contributed by atoms with E-state index in [2.05, 4.69) is 31.2 Å². The van der Waals surface area contributed by atoms with E-state index in [1.165, 1.54) is 42.9 Å². The van der Waals surface area contributed by atoms with Crippen molar-refractivity contribution in [1.82, 2.24) is 0 Å². The lowest BCUT2D eigenvalue weighted by atomic mass is 9.81. The van der Waals surface area contributed by atoms with Crippen molar-refractivity contribution in [2.45, 2.75) is 64.7 Å². The Balaban J connectivity index is 1.51. The van der Waals surface area contributed by atoms with E-state index in [1.54, 1.807) is 6.07 Å². The molecule has 1 unspecified atom stereocenters. The lowest BCUT2D eigenvalue weighted by molar-refractivity contribution is 0.409. The number of halogens is 2. The molecule has 134 valence electrons. The van der Waals surface area contributed by atoms with Gasteiger partial charge in [-0.15, -0.1) is 0 Å². The smallest absolute Gasteiger partial charge is 0.162 e. The molecule has 1 aliphatic carbocycles. The molecular formula is C23H28F2. The van der Waals surface area contributed by atoms with Crippen LogP contribution in [0.2, 0.25) is 0 Å². The Bertz CT molecular complexity index is 688. The Morgan fingerprint density at radius 3 is 2.36 bits per heavy atom. The Morgan fingerprint density at radius 1 is 0.920 bits per heavy atom. The van der Waals surface area contributed by atoms with Gasteiger partial charge < -0.3 is 0 Å². The molecule has 0 radical (unpaired) electrons. The van der Waals surface area contributed by atoms with Gasteiger partial charge in [-0.05, 0) is 79.2 Å². The summed E-state index contributed by atoms with van der Waals surface area (Å²) < 4.78 is 27.2. The molecule has 0 saturated carbocycles. The first-order chi connectivity index (χ1) is 12.2. The standard InChI is InChI=1S/C23H28F2/c1-2-3-4-5-17-6-8-18(9-7-17)10-11-19-12-14-21-20(16-19)13-15-22(24)23(21)25/h6-9,13,15,19H,2-5,10-12,14,16H2,1H3. The highest BCUT2D eigenvalue weighted by molar-refractivity contribution is 5.32. The second-order valence-electron chi connectivity index (χ2n) is 7.42. The van der Waals surface area contributed by atoms with Crippen LogP contribution in [0.5, 0.6) is 0 Å². The van der Waals surface area contributed by atoms with Crippen molar-refractivity contribution in [3.05, 3.63) is 70.3 Å². The van der Waals surface area contributed by atoms with Crippen molar-refractivity contribution >= 4 is 0 Å². The van der Waals surface area contributed by atoms with Crippen molar-refractivity contribution in [3.8, 4) is 0 Å². The number of hydrogen-bond acceptors (Lipinski definition) is 0. The van der Waals surface area contributed by atoms with Crippen molar-refractivity contribution < 1.29 is 8.78 Å². The molecule has 0 N–H and O–H groups in total. The maximum Gasteiger partial charge on any atom is 0.162 e. The number of rotatable bonds is 7. The van der Waals surface area contributed by atoms with Gasteiger partial charge in [-0.1, -0.05) is 50.1 Å². The molecule has 0 saturated heterocycles. The molecule has 25 heavy (non-hydrogen) atoms. The van der Waals surface area contributed by atoms with Crippen LogP contribution in [-0.2, 0) is 25.7 Å². The third kappa shape index (κ3) is 4.68. The number of benzene rings is 2. The third-order valence-electron chi connectivity index (χ3n) is 5.54. The maximum atomic E-state index is 13.8. The fraction of sp³-hybridized carbons (Fsp3) is 0.478. The zero-order valence-corrected chi connectivity index (χ0v) is 15.2. The minimum Gasteiger partial charge on any atom is -0.204 e. The fourth-order valence-electron chi connectivity index (χ4n) is 3.92. The summed E-state index contributed by atoms with van der Waals surface area (Å²) in [5.74, 6) is -0.771. The Morgan fingerprint density at radius 2 is 1.64 bits per heavy atom. The van der Waals surface area contributed by atoms with E-state index in [1.807, 2.05) is 0 Å². The van der Waals surface area contributed by atoms with Gasteiger partial charge in [0.2, 0.25) is 0 Å². The molecule has 3 rings (SSSR count). The van der Waals surface area contributed by atoms with Gasteiger partial charge in [0, 0.05) is 0 Å². The quantitative estimate of drug-likeness (QED) is 0.508. The fourth-order valence-corrected chi connectivity index (χ4v) is 3.92. The molecule has 0 aromatic heterocycles. The van der Waals surface area contributed by atoms with Crippen LogP contribution in [-0.4, -0.2) is 0 Å². The van der Waals surface area contributed by atoms with Crippen LogP contribution in [0.3, 0.4) is 0 Å². The van der Waals surface area contributed by atoms with Gasteiger partial charge >= 0.3 is 0 Å². The van der Waals surface area contributed by atoms with Crippen LogP contribution >= 0.6 is 0 Å². The summed E-state index contributed by atoms with van der Waals surface area (Å²) >= 11 is 0. The largest absolute Gasteiger partial charge is 0.204 e. The van der Waals surface area contributed by atoms with E-state index in [9.17, 15) is 8.78 Å². The van der Waals surface area contributed by atoms with Crippen LogP contribution < -0.4 is 0 Å². The molecule has 1 aliphatic rings. The van der Waals surface area contributed by atoms with E-state index in [0.717, 1.165) is 31.2 Å². The molecule has 2 aromatic rings. The van der Waals surface area contributed by atoms with Crippen molar-refractivity contribution in [2.24, 2.45) is 5.92 Å². The van der Waals surface area contributed by atoms with Crippen LogP contribution in [0.25, 0.3) is 0 Å². The first kappa shape index (κ1) is 18.1. The van der Waals surface area contributed by atoms with E-state index < -0.39 is 11.6 Å². The molecule has 0 amide bonds. The number of aryl methyl sites for hydroxylation is 2. The normalized spacial score (nSPS) is 16.7. The predicted octanol–water partition coefficient (Wildman–Crippen LogP) is 6.44. The summed E-state index contributed by atoms with van der Waals surface area (Å²) in [6.45, 7) is 2.23. The van der Waals surface area contributed by atoms with Crippen LogP contribution in [0.1, 0.15) is 61.3 Å². The summed E-state index contributed by atoms with van der Waals surface area (Å²) in [6, 6.07) is 12.1. The minimum absolute atomic E-state index is 0.571. The van der Waals surface area contributed by atoms with Crippen LogP contribution in [0.4, 0.5) is 8.78 Å². The minimum atomic E-state index is -0.712. The number of fused-ring (bicyclic) bond motifs is 1. The molecule has 0 nitrogen and oxygen atoms in total. The van der Waals surface area contributed by atoms with E-state index >= 15 is 0 Å². The Kier molecular flexibility index (Phi) is 6.23. The van der Waals surface area contributed by atoms with Gasteiger partial charge in [0.15, 0.2) is 11.6 Å². The molecule has 2 aromatic carbocycles. The molecule has 0 aliphatic heterocycles. The molecule has 0 spiro atoms. The molecule has 0 heterocycles. The van der Waals surface area contributed by atoms with E-state index in [0.29, 0.717) is 17.9 Å². The van der Waals surface area contributed by atoms with Gasteiger partial charge in [-0.25, -0.2) is 8.78 Å². The van der Waals surface area contributed by atoms with Crippen molar-refractivity contribution in [3.63, 3.8) is 0 Å². The Hall–Kier alpha value is -1.70. The molecule has 1 atom stereocenters. The predicted molar refractivity (Wildman–Crippen MR) is 99.9 cm³/mol. The van der Waals surface area contributed by atoms with E-state index in [4.69, 9.17) is 0 Å². The summed E-state index contributed by atoms with van der Waals surface area (Å²) in [7, 11) is 0. The Labute approximate surface area is 150 Å². The number of unbranched alkanes of at least 4 members (excludes halogenated alkanes) is 2. The molecular weight excluding hydrogens is 314 g/mol. The second kappa shape index (κ2) is 8.60. The lowest BCUT2D eigenvalue weighted by Gasteiger charge is -2.25. The molecule has 2 heteroatoms. The monoisotopic (exact) mass is 342 g/mol. The zero-order valence-electron chi connectivity index (χ0n) is 15.2. The average Bonchev–Trinajstić information content (AvgIpc) is 2.64. The van der Waals surface area contributed by atoms with Crippen molar-refractivity contribution in [2.75, 3.05) is 0 Å². The first-order valence-electron chi connectivity index (χ1n) is 9.71. The highest BCUT2D eigenvalue weighted by Gasteiger charge is 2.22. The summed E-state index contributed by atoms with van der Waals surface area (Å²) in [4.78, 5) is 0.